The van der Waals surface area contributed by atoms with E-state index in [2.05, 4.69) is 20.5 Å². The van der Waals surface area contributed by atoms with Crippen molar-refractivity contribution in [3.05, 3.63) is 24.0 Å². The monoisotopic (exact) mass is 470 g/mol. The number of sulfonamides is 1. The summed E-state index contributed by atoms with van der Waals surface area (Å²) in [6, 6.07) is 4.97. The van der Waals surface area contributed by atoms with E-state index >= 15 is 0 Å². The maximum absolute atomic E-state index is 12.4. The number of nitrogens with zero attached hydrogens (tertiary/aromatic N) is 5. The number of rotatable bonds is 8. The van der Waals surface area contributed by atoms with Crippen LogP contribution < -0.4 is 5.32 Å². The minimum Gasteiger partial charge on any atom is -0.450 e. The predicted octanol–water partition coefficient (Wildman–Crippen LogP) is 3.02. The molecular formula is C17H22N6O4S3. The Balaban J connectivity index is 1.79. The zero-order valence-electron chi connectivity index (χ0n) is 16.9. The van der Waals surface area contributed by atoms with Gasteiger partial charge in [0.05, 0.1) is 28.3 Å². The van der Waals surface area contributed by atoms with Crippen LogP contribution in [0.15, 0.2) is 27.4 Å². The van der Waals surface area contributed by atoms with Crippen LogP contribution in [0.5, 0.6) is 0 Å². The van der Waals surface area contributed by atoms with Gasteiger partial charge in [-0.2, -0.15) is 0 Å². The number of thioether (sulfide) groups is 1. The Morgan fingerprint density at radius 1 is 1.30 bits per heavy atom. The minimum atomic E-state index is -3.53. The third-order valence-electron chi connectivity index (χ3n) is 4.11. The summed E-state index contributed by atoms with van der Waals surface area (Å²) in [5.41, 5.74) is 1.49. The van der Waals surface area contributed by atoms with E-state index in [0.717, 1.165) is 11.3 Å². The Labute approximate surface area is 182 Å². The highest BCUT2D eigenvalue weighted by Gasteiger charge is 2.20. The van der Waals surface area contributed by atoms with Crippen molar-refractivity contribution in [2.75, 3.05) is 26.0 Å². The molecule has 0 aliphatic carbocycles. The number of hydrogen-bond donors (Lipinski definition) is 1. The summed E-state index contributed by atoms with van der Waals surface area (Å²) < 4.78 is 33.5. The summed E-state index contributed by atoms with van der Waals surface area (Å²) in [6.45, 7) is 4.70. The first kappa shape index (κ1) is 22.5. The second kappa shape index (κ2) is 9.29. The number of benzene rings is 1. The Kier molecular flexibility index (Phi) is 6.95. The summed E-state index contributed by atoms with van der Waals surface area (Å²) in [7, 11) is -0.529. The van der Waals surface area contributed by atoms with Crippen LogP contribution in [0.3, 0.4) is 0 Å². The van der Waals surface area contributed by atoms with E-state index in [1.165, 1.54) is 41.5 Å². The number of ether oxygens (including phenoxy) is 1. The smallest absolute Gasteiger partial charge is 0.413 e. The summed E-state index contributed by atoms with van der Waals surface area (Å²) in [5.74, 6) is 1.32. The second-order valence-electron chi connectivity index (χ2n) is 6.22. The Morgan fingerprint density at radius 3 is 2.73 bits per heavy atom. The molecule has 2 aromatic heterocycles. The average molecular weight is 471 g/mol. The fraction of sp³-hybridized carbons (Fsp3) is 0.412. The van der Waals surface area contributed by atoms with E-state index in [1.54, 1.807) is 25.1 Å². The molecule has 0 bridgehead atoms. The zero-order valence-corrected chi connectivity index (χ0v) is 19.4. The number of aromatic nitrogens is 4. The van der Waals surface area contributed by atoms with Gasteiger partial charge in [0.1, 0.15) is 5.82 Å². The summed E-state index contributed by atoms with van der Waals surface area (Å²) >= 11 is 2.68. The quantitative estimate of drug-likeness (QED) is 0.394. The molecule has 10 nitrogen and oxygen atoms in total. The molecule has 0 aliphatic heterocycles. The lowest BCUT2D eigenvalue weighted by Crippen LogP contribution is -2.22. The van der Waals surface area contributed by atoms with E-state index in [0.29, 0.717) is 27.3 Å². The minimum absolute atomic E-state index is 0.207. The number of imidazole rings is 1. The Hall–Kier alpha value is -2.22. The van der Waals surface area contributed by atoms with E-state index in [-0.39, 0.29) is 11.5 Å². The van der Waals surface area contributed by atoms with Crippen LogP contribution in [0.2, 0.25) is 0 Å². The lowest BCUT2D eigenvalue weighted by molar-refractivity contribution is 0.168. The predicted molar refractivity (Wildman–Crippen MR) is 116 cm³/mol. The molecular weight excluding hydrogens is 448 g/mol. The molecule has 0 radical (unpaired) electrons. The highest BCUT2D eigenvalue weighted by atomic mass is 32.2. The van der Waals surface area contributed by atoms with Crippen LogP contribution >= 0.6 is 23.1 Å². The molecule has 3 aromatic rings. The molecule has 0 saturated heterocycles. The van der Waals surface area contributed by atoms with Crippen LogP contribution in [-0.2, 0) is 27.1 Å². The van der Waals surface area contributed by atoms with Crippen LogP contribution in [0, 0.1) is 0 Å². The van der Waals surface area contributed by atoms with Crippen molar-refractivity contribution in [1.82, 2.24) is 24.1 Å². The van der Waals surface area contributed by atoms with Gasteiger partial charge in [0, 0.05) is 20.6 Å². The first-order valence-corrected chi connectivity index (χ1v) is 12.3. The third-order valence-corrected chi connectivity index (χ3v) is 7.89. The molecule has 0 saturated carbocycles. The summed E-state index contributed by atoms with van der Waals surface area (Å²) in [5, 5.41) is 10.9. The average Bonchev–Trinajstić information content (AvgIpc) is 3.29. The molecule has 3 rings (SSSR count). The van der Waals surface area contributed by atoms with Gasteiger partial charge < -0.3 is 9.30 Å². The molecule has 0 spiro atoms. The molecule has 2 heterocycles. The van der Waals surface area contributed by atoms with Crippen molar-refractivity contribution >= 4 is 55.4 Å². The molecule has 30 heavy (non-hydrogen) atoms. The highest BCUT2D eigenvalue weighted by Crippen LogP contribution is 2.30. The molecule has 162 valence electrons. The van der Waals surface area contributed by atoms with Crippen LogP contribution in [0.25, 0.3) is 11.0 Å². The van der Waals surface area contributed by atoms with Gasteiger partial charge in [-0.3, -0.25) is 5.32 Å². The van der Waals surface area contributed by atoms with Crippen molar-refractivity contribution in [2.45, 2.75) is 35.4 Å². The highest BCUT2D eigenvalue weighted by molar-refractivity contribution is 8.00. The standard InChI is InChI=1S/C17H22N6O4S3/c1-5-23-13-8-7-11(30(25,26)22(3)4)9-12(13)18-14(23)10-28-17-21-20-15(29-17)19-16(24)27-6-2/h7-9H,5-6,10H2,1-4H3,(H,19,20,24). The Bertz CT molecular complexity index is 1160. The SMILES string of the molecule is CCOC(=O)Nc1nnc(SCc2nc3cc(S(=O)(=O)N(C)C)ccc3n2CC)s1. The van der Waals surface area contributed by atoms with Gasteiger partial charge in [-0.15, -0.1) is 10.2 Å². The van der Waals surface area contributed by atoms with Gasteiger partial charge >= 0.3 is 6.09 Å². The largest absolute Gasteiger partial charge is 0.450 e. The van der Waals surface area contributed by atoms with Gasteiger partial charge in [0.2, 0.25) is 15.2 Å². The van der Waals surface area contributed by atoms with Crippen molar-refractivity contribution in [1.29, 1.82) is 0 Å². The molecule has 1 aromatic carbocycles. The van der Waals surface area contributed by atoms with Crippen molar-refractivity contribution in [2.24, 2.45) is 0 Å². The first-order chi connectivity index (χ1) is 14.3. The molecule has 1 amide bonds. The molecule has 1 N–H and O–H groups in total. The topological polar surface area (TPSA) is 119 Å². The van der Waals surface area contributed by atoms with Gasteiger partial charge in [0.15, 0.2) is 4.34 Å². The molecule has 13 heteroatoms. The first-order valence-electron chi connectivity index (χ1n) is 9.08. The number of amides is 1. The van der Waals surface area contributed by atoms with E-state index in [1.807, 2.05) is 11.5 Å². The third kappa shape index (κ3) is 4.74. The number of aryl methyl sites for hydroxylation is 1. The molecule has 0 aliphatic rings. The number of anilines is 1. The van der Waals surface area contributed by atoms with Gasteiger partial charge in [-0.1, -0.05) is 23.1 Å². The molecule has 0 unspecified atom stereocenters. The zero-order chi connectivity index (χ0) is 21.9. The maximum Gasteiger partial charge on any atom is 0.413 e. The fourth-order valence-corrected chi connectivity index (χ4v) is 5.30. The van der Waals surface area contributed by atoms with Gasteiger partial charge in [0.25, 0.3) is 0 Å². The van der Waals surface area contributed by atoms with E-state index in [9.17, 15) is 13.2 Å². The molecule has 0 fully saturated rings. The summed E-state index contributed by atoms with van der Waals surface area (Å²) in [4.78, 5) is 16.3. The summed E-state index contributed by atoms with van der Waals surface area (Å²) in [6.07, 6.45) is -0.568. The van der Waals surface area contributed by atoms with Crippen LogP contribution in [0.4, 0.5) is 9.93 Å². The number of fused-ring (bicyclic) bond motifs is 1. The number of carbonyl (C=O) groups excluding carboxylic acids is 1. The Morgan fingerprint density at radius 2 is 2.07 bits per heavy atom. The maximum atomic E-state index is 12.4. The number of carbonyl (C=O) groups is 1. The number of nitrogens with one attached hydrogen (secondary N) is 1. The fourth-order valence-electron chi connectivity index (χ4n) is 2.69. The normalized spacial score (nSPS) is 11.9. The van der Waals surface area contributed by atoms with Crippen molar-refractivity contribution < 1.29 is 17.9 Å². The van der Waals surface area contributed by atoms with Gasteiger partial charge in [-0.05, 0) is 32.0 Å². The molecule has 0 atom stereocenters. The van der Waals surface area contributed by atoms with E-state index in [4.69, 9.17) is 4.74 Å². The lowest BCUT2D eigenvalue weighted by Gasteiger charge is -2.11. The van der Waals surface area contributed by atoms with Crippen molar-refractivity contribution in [3.63, 3.8) is 0 Å². The van der Waals surface area contributed by atoms with Crippen LogP contribution in [0.1, 0.15) is 19.7 Å². The van der Waals surface area contributed by atoms with Crippen molar-refractivity contribution in [3.8, 4) is 0 Å². The lowest BCUT2D eigenvalue weighted by atomic mass is 10.3. The van der Waals surface area contributed by atoms with Crippen LogP contribution in [-0.4, -0.2) is 59.3 Å². The second-order valence-corrected chi connectivity index (χ2v) is 10.6. The number of hydrogen-bond acceptors (Lipinski definition) is 9. The van der Waals surface area contributed by atoms with Gasteiger partial charge in [-0.25, -0.2) is 22.5 Å². The van der Waals surface area contributed by atoms with E-state index < -0.39 is 16.1 Å².